The molecule has 0 spiro atoms. The molecule has 1 amide bonds. The molecule has 1 fully saturated rings. The third kappa shape index (κ3) is 8.01. The van der Waals surface area contributed by atoms with Gasteiger partial charge in [0.2, 0.25) is 5.91 Å². The minimum Gasteiger partial charge on any atom is -0.493 e. The molecule has 0 unspecified atom stereocenters. The molecule has 1 saturated heterocycles. The highest BCUT2D eigenvalue weighted by molar-refractivity contribution is 8.22. The standard InChI is InChI=1S/C19H24N2O4S2/c1-24-18(23)9-8-17(22)20-15-6-5-7-16(14-15)25-12-13-27-19(26)21-10-3-2-4-11-21/h5-9,14H,2-4,10-13H2,1H3,(H,20,22)/b9-8+. The normalized spacial score (nSPS) is 14.0. The van der Waals surface area contributed by atoms with Gasteiger partial charge < -0.3 is 19.7 Å². The van der Waals surface area contributed by atoms with E-state index in [1.54, 1.807) is 30.0 Å². The number of amides is 1. The smallest absolute Gasteiger partial charge is 0.330 e. The minimum atomic E-state index is -0.581. The van der Waals surface area contributed by atoms with Crippen molar-refractivity contribution in [3.8, 4) is 5.75 Å². The largest absolute Gasteiger partial charge is 0.493 e. The fourth-order valence-electron chi connectivity index (χ4n) is 2.52. The number of carbonyl (C=O) groups excluding carboxylic acids is 2. The summed E-state index contributed by atoms with van der Waals surface area (Å²) in [4.78, 5) is 25.0. The zero-order valence-electron chi connectivity index (χ0n) is 15.3. The third-order valence-electron chi connectivity index (χ3n) is 3.87. The molecule has 1 aliphatic rings. The average Bonchev–Trinajstić information content (AvgIpc) is 2.70. The predicted molar refractivity (Wildman–Crippen MR) is 112 cm³/mol. The van der Waals surface area contributed by atoms with Crippen molar-refractivity contribution in [1.82, 2.24) is 4.90 Å². The van der Waals surface area contributed by atoms with E-state index in [4.69, 9.17) is 17.0 Å². The van der Waals surface area contributed by atoms with Crippen LogP contribution < -0.4 is 10.1 Å². The summed E-state index contributed by atoms with van der Waals surface area (Å²) in [5.41, 5.74) is 0.587. The molecule has 1 N–H and O–H groups in total. The second-order valence-corrected chi connectivity index (χ2v) is 7.61. The Balaban J connectivity index is 1.73. The summed E-state index contributed by atoms with van der Waals surface area (Å²) >= 11 is 7.11. The SMILES string of the molecule is COC(=O)/C=C/C(=O)Nc1cccc(OCCSC(=S)N2CCCCC2)c1. The van der Waals surface area contributed by atoms with Gasteiger partial charge in [0.05, 0.1) is 13.7 Å². The Kier molecular flexibility index (Phi) is 9.13. The first-order valence-electron chi connectivity index (χ1n) is 8.80. The van der Waals surface area contributed by atoms with E-state index < -0.39 is 11.9 Å². The molecule has 0 aliphatic carbocycles. The Hall–Kier alpha value is -2.06. The van der Waals surface area contributed by atoms with Crippen LogP contribution in [-0.4, -0.2) is 53.7 Å². The summed E-state index contributed by atoms with van der Waals surface area (Å²) in [6.07, 6.45) is 5.91. The number of piperidine rings is 1. The van der Waals surface area contributed by atoms with Crippen LogP contribution in [0.25, 0.3) is 0 Å². The molecule has 27 heavy (non-hydrogen) atoms. The van der Waals surface area contributed by atoms with E-state index in [9.17, 15) is 9.59 Å². The number of methoxy groups -OCH3 is 1. The second-order valence-electron chi connectivity index (χ2n) is 5.88. The monoisotopic (exact) mass is 408 g/mol. The van der Waals surface area contributed by atoms with Gasteiger partial charge in [-0.15, -0.1) is 0 Å². The number of nitrogens with one attached hydrogen (secondary N) is 1. The van der Waals surface area contributed by atoms with Gasteiger partial charge in [-0.3, -0.25) is 4.79 Å². The van der Waals surface area contributed by atoms with Gasteiger partial charge in [-0.1, -0.05) is 30.0 Å². The van der Waals surface area contributed by atoms with E-state index in [0.717, 1.165) is 35.3 Å². The highest BCUT2D eigenvalue weighted by Gasteiger charge is 2.13. The minimum absolute atomic E-state index is 0.417. The molecule has 6 nitrogen and oxygen atoms in total. The summed E-state index contributed by atoms with van der Waals surface area (Å²) in [6.45, 7) is 2.63. The number of esters is 1. The Morgan fingerprint density at radius 2 is 2.04 bits per heavy atom. The van der Waals surface area contributed by atoms with Crippen LogP contribution in [-0.2, 0) is 14.3 Å². The van der Waals surface area contributed by atoms with Crippen LogP contribution in [0.5, 0.6) is 5.75 Å². The van der Waals surface area contributed by atoms with Gasteiger partial charge in [-0.2, -0.15) is 0 Å². The Morgan fingerprint density at radius 1 is 1.26 bits per heavy atom. The first-order valence-corrected chi connectivity index (χ1v) is 10.2. The van der Waals surface area contributed by atoms with Crippen molar-refractivity contribution in [2.75, 3.05) is 37.9 Å². The lowest BCUT2D eigenvalue weighted by atomic mass is 10.1. The maximum atomic E-state index is 11.8. The number of benzene rings is 1. The third-order valence-corrected chi connectivity index (χ3v) is 5.35. The molecule has 146 valence electrons. The number of ether oxygens (including phenoxy) is 2. The first-order chi connectivity index (χ1) is 13.1. The summed E-state index contributed by atoms with van der Waals surface area (Å²) in [5, 5.41) is 2.67. The van der Waals surface area contributed by atoms with Crippen LogP contribution in [0.15, 0.2) is 36.4 Å². The number of likely N-dealkylation sites (tertiary alicyclic amines) is 1. The highest BCUT2D eigenvalue weighted by Crippen LogP contribution is 2.19. The fourth-order valence-corrected chi connectivity index (χ4v) is 3.65. The van der Waals surface area contributed by atoms with Gasteiger partial charge in [0.15, 0.2) is 0 Å². The zero-order chi connectivity index (χ0) is 19.5. The van der Waals surface area contributed by atoms with E-state index in [0.29, 0.717) is 18.0 Å². The number of hydrogen-bond acceptors (Lipinski definition) is 6. The molecule has 0 radical (unpaired) electrons. The van der Waals surface area contributed by atoms with Gasteiger partial charge >= 0.3 is 5.97 Å². The van der Waals surface area contributed by atoms with Crippen LogP contribution in [0.1, 0.15) is 19.3 Å². The lowest BCUT2D eigenvalue weighted by Crippen LogP contribution is -2.33. The van der Waals surface area contributed by atoms with Crippen molar-refractivity contribution in [3.63, 3.8) is 0 Å². The number of anilines is 1. The second kappa shape index (κ2) is 11.6. The number of nitrogens with zero attached hydrogens (tertiary/aromatic N) is 1. The first kappa shape index (κ1) is 21.2. The maximum Gasteiger partial charge on any atom is 0.330 e. The Morgan fingerprint density at radius 3 is 2.78 bits per heavy atom. The molecule has 0 bridgehead atoms. The van der Waals surface area contributed by atoms with E-state index in [-0.39, 0.29) is 0 Å². The van der Waals surface area contributed by atoms with Crippen molar-refractivity contribution < 1.29 is 19.1 Å². The van der Waals surface area contributed by atoms with Crippen LogP contribution in [0, 0.1) is 0 Å². The number of thioether (sulfide) groups is 1. The van der Waals surface area contributed by atoms with Crippen LogP contribution >= 0.6 is 24.0 Å². The summed E-state index contributed by atoms with van der Waals surface area (Å²) < 4.78 is 11.1. The molecule has 1 aliphatic heterocycles. The maximum absolute atomic E-state index is 11.8. The van der Waals surface area contributed by atoms with E-state index in [1.165, 1.54) is 26.4 Å². The van der Waals surface area contributed by atoms with Crippen molar-refractivity contribution in [2.45, 2.75) is 19.3 Å². The van der Waals surface area contributed by atoms with Crippen molar-refractivity contribution in [2.24, 2.45) is 0 Å². The quantitative estimate of drug-likeness (QED) is 0.321. The average molecular weight is 409 g/mol. The highest BCUT2D eigenvalue weighted by atomic mass is 32.2. The molecule has 0 aromatic heterocycles. The Labute approximate surface area is 169 Å². The summed E-state index contributed by atoms with van der Waals surface area (Å²) in [5.74, 6) is 0.435. The van der Waals surface area contributed by atoms with Gasteiger partial charge in [-0.25, -0.2) is 4.79 Å². The zero-order valence-corrected chi connectivity index (χ0v) is 16.9. The van der Waals surface area contributed by atoms with Gasteiger partial charge in [-0.05, 0) is 31.4 Å². The van der Waals surface area contributed by atoms with Gasteiger partial charge in [0.25, 0.3) is 0 Å². The summed E-state index contributed by atoms with van der Waals surface area (Å²) in [6, 6.07) is 7.10. The van der Waals surface area contributed by atoms with E-state index in [1.807, 2.05) is 6.07 Å². The molecule has 0 saturated carbocycles. The van der Waals surface area contributed by atoms with Crippen molar-refractivity contribution in [3.05, 3.63) is 36.4 Å². The fraction of sp³-hybridized carbons (Fsp3) is 0.421. The molecular formula is C19H24N2O4S2. The van der Waals surface area contributed by atoms with Crippen LogP contribution in [0.3, 0.4) is 0 Å². The molecule has 1 aromatic carbocycles. The van der Waals surface area contributed by atoms with E-state index in [2.05, 4.69) is 15.0 Å². The lowest BCUT2D eigenvalue weighted by molar-refractivity contribution is -0.135. The predicted octanol–water partition coefficient (Wildman–Crippen LogP) is 3.24. The van der Waals surface area contributed by atoms with Crippen molar-refractivity contribution in [1.29, 1.82) is 0 Å². The van der Waals surface area contributed by atoms with Crippen LogP contribution in [0.4, 0.5) is 5.69 Å². The van der Waals surface area contributed by atoms with Crippen LogP contribution in [0.2, 0.25) is 0 Å². The molecule has 1 heterocycles. The van der Waals surface area contributed by atoms with Crippen molar-refractivity contribution >= 4 is 45.9 Å². The number of rotatable bonds is 7. The number of thiocarbonyl (C=S) groups is 1. The van der Waals surface area contributed by atoms with Gasteiger partial charge in [0.1, 0.15) is 10.1 Å². The molecule has 0 atom stereocenters. The van der Waals surface area contributed by atoms with E-state index >= 15 is 0 Å². The lowest BCUT2D eigenvalue weighted by Gasteiger charge is -2.28. The molecular weight excluding hydrogens is 384 g/mol. The molecule has 1 aromatic rings. The van der Waals surface area contributed by atoms with Gasteiger partial charge in [0, 0.05) is 42.7 Å². The molecule has 8 heteroatoms. The number of carbonyl (C=O) groups is 2. The topological polar surface area (TPSA) is 67.9 Å². The number of hydrogen-bond donors (Lipinski definition) is 1. The Bertz CT molecular complexity index is 688. The molecule has 2 rings (SSSR count). The summed E-state index contributed by atoms with van der Waals surface area (Å²) in [7, 11) is 1.25.